The van der Waals surface area contributed by atoms with Gasteiger partial charge in [-0.3, -0.25) is 10.1 Å². The van der Waals surface area contributed by atoms with Crippen molar-refractivity contribution in [3.8, 4) is 11.5 Å². The molecule has 0 spiro atoms. The molecule has 0 heterocycles. The molecular weight excluding hydrogens is 242 g/mol. The van der Waals surface area contributed by atoms with E-state index >= 15 is 0 Å². The molecule has 4 nitrogen and oxygen atoms in total. The van der Waals surface area contributed by atoms with Crippen molar-refractivity contribution in [1.82, 2.24) is 0 Å². The van der Waals surface area contributed by atoms with Crippen molar-refractivity contribution in [2.45, 2.75) is 0 Å². The van der Waals surface area contributed by atoms with Crippen molar-refractivity contribution < 1.29 is 9.66 Å². The largest absolute Gasteiger partial charge is 0.456 e. The van der Waals surface area contributed by atoms with E-state index in [-0.39, 0.29) is 5.69 Å². The van der Waals surface area contributed by atoms with Crippen LogP contribution >= 0.6 is 11.6 Å². The van der Waals surface area contributed by atoms with E-state index in [0.717, 1.165) is 0 Å². The molecule has 2 aromatic carbocycles. The number of benzene rings is 2. The van der Waals surface area contributed by atoms with Gasteiger partial charge in [0.15, 0.2) is 0 Å². The van der Waals surface area contributed by atoms with Crippen LogP contribution in [0.2, 0.25) is 5.02 Å². The Morgan fingerprint density at radius 2 is 1.88 bits per heavy atom. The highest BCUT2D eigenvalue weighted by Crippen LogP contribution is 2.30. The monoisotopic (exact) mass is 249 g/mol. The maximum atomic E-state index is 10.6. The fraction of sp³-hybridized carbons (Fsp3) is 0. The third-order valence-corrected chi connectivity index (χ3v) is 2.41. The number of nitro benzene ring substituents is 1. The highest BCUT2D eigenvalue weighted by Gasteiger charge is 2.08. The standard InChI is InChI=1S/C12H8ClNO3/c13-11-6-1-2-7-12(11)17-10-5-3-4-9(8-10)14(15)16/h1-8H. The van der Waals surface area contributed by atoms with Crippen LogP contribution in [0.1, 0.15) is 0 Å². The maximum Gasteiger partial charge on any atom is 0.273 e. The van der Waals surface area contributed by atoms with Gasteiger partial charge in [-0.15, -0.1) is 0 Å². The molecule has 0 aliphatic heterocycles. The average Bonchev–Trinajstić information content (AvgIpc) is 2.32. The molecule has 17 heavy (non-hydrogen) atoms. The number of para-hydroxylation sites is 1. The van der Waals surface area contributed by atoms with Crippen molar-refractivity contribution in [2.75, 3.05) is 0 Å². The normalized spacial score (nSPS) is 9.94. The van der Waals surface area contributed by atoms with E-state index in [9.17, 15) is 10.1 Å². The Labute approximate surface area is 103 Å². The SMILES string of the molecule is O=[N+]([O-])c1cccc(Oc2ccccc2Cl)c1. The minimum absolute atomic E-state index is 0.0189. The van der Waals surface area contributed by atoms with E-state index in [1.54, 1.807) is 36.4 Å². The number of nitrogens with zero attached hydrogens (tertiary/aromatic N) is 1. The van der Waals surface area contributed by atoms with Gasteiger partial charge in [0, 0.05) is 6.07 Å². The Hall–Kier alpha value is -2.07. The van der Waals surface area contributed by atoms with E-state index in [4.69, 9.17) is 16.3 Å². The summed E-state index contributed by atoms with van der Waals surface area (Å²) < 4.78 is 5.46. The summed E-state index contributed by atoms with van der Waals surface area (Å²) in [6, 6.07) is 12.9. The van der Waals surface area contributed by atoms with Crippen LogP contribution in [-0.2, 0) is 0 Å². The highest BCUT2D eigenvalue weighted by molar-refractivity contribution is 6.32. The third-order valence-electron chi connectivity index (χ3n) is 2.09. The summed E-state index contributed by atoms with van der Waals surface area (Å²) in [4.78, 5) is 10.1. The molecular formula is C12H8ClNO3. The fourth-order valence-corrected chi connectivity index (χ4v) is 1.49. The van der Waals surface area contributed by atoms with Crippen LogP contribution in [0.3, 0.4) is 0 Å². The highest BCUT2D eigenvalue weighted by atomic mass is 35.5. The van der Waals surface area contributed by atoms with Gasteiger partial charge in [0.2, 0.25) is 0 Å². The quantitative estimate of drug-likeness (QED) is 0.609. The molecule has 0 saturated heterocycles. The summed E-state index contributed by atoms with van der Waals surface area (Å²) in [6.45, 7) is 0. The average molecular weight is 250 g/mol. The second-order valence-electron chi connectivity index (χ2n) is 3.29. The van der Waals surface area contributed by atoms with Crippen molar-refractivity contribution in [1.29, 1.82) is 0 Å². The molecule has 2 rings (SSSR count). The number of non-ortho nitro benzene ring substituents is 1. The molecule has 86 valence electrons. The van der Waals surface area contributed by atoms with Crippen LogP contribution in [0.15, 0.2) is 48.5 Å². The molecule has 5 heteroatoms. The van der Waals surface area contributed by atoms with Gasteiger partial charge >= 0.3 is 0 Å². The molecule has 0 aliphatic carbocycles. The molecule has 0 saturated carbocycles. The van der Waals surface area contributed by atoms with E-state index in [0.29, 0.717) is 16.5 Å². The van der Waals surface area contributed by atoms with Gasteiger partial charge in [-0.2, -0.15) is 0 Å². The number of rotatable bonds is 3. The van der Waals surface area contributed by atoms with Gasteiger partial charge in [-0.05, 0) is 18.2 Å². The molecule has 0 fully saturated rings. The molecule has 0 radical (unpaired) electrons. The zero-order valence-corrected chi connectivity index (χ0v) is 9.42. The second kappa shape index (κ2) is 4.84. The second-order valence-corrected chi connectivity index (χ2v) is 3.69. The van der Waals surface area contributed by atoms with Gasteiger partial charge in [-0.25, -0.2) is 0 Å². The number of hydrogen-bond acceptors (Lipinski definition) is 3. The van der Waals surface area contributed by atoms with Crippen LogP contribution in [0, 0.1) is 10.1 Å². The van der Waals surface area contributed by atoms with E-state index < -0.39 is 4.92 Å². The lowest BCUT2D eigenvalue weighted by Gasteiger charge is -2.06. The van der Waals surface area contributed by atoms with Gasteiger partial charge in [-0.1, -0.05) is 29.8 Å². The molecule has 0 aliphatic rings. The fourth-order valence-electron chi connectivity index (χ4n) is 1.32. The predicted octanol–water partition coefficient (Wildman–Crippen LogP) is 4.04. The van der Waals surface area contributed by atoms with Crippen molar-refractivity contribution >= 4 is 17.3 Å². The zero-order valence-electron chi connectivity index (χ0n) is 8.67. The molecule has 0 bridgehead atoms. The Balaban J connectivity index is 2.28. The number of halogens is 1. The molecule has 0 atom stereocenters. The van der Waals surface area contributed by atoms with Gasteiger partial charge < -0.3 is 4.74 Å². The van der Waals surface area contributed by atoms with Crippen LogP contribution in [0.25, 0.3) is 0 Å². The Morgan fingerprint density at radius 3 is 2.59 bits per heavy atom. The topological polar surface area (TPSA) is 52.4 Å². The van der Waals surface area contributed by atoms with Gasteiger partial charge in [0.1, 0.15) is 11.5 Å². The summed E-state index contributed by atoms with van der Waals surface area (Å²) in [5, 5.41) is 11.1. The first-order valence-electron chi connectivity index (χ1n) is 4.83. The van der Waals surface area contributed by atoms with Gasteiger partial charge in [0.25, 0.3) is 5.69 Å². The number of ether oxygens (including phenoxy) is 1. The first-order valence-corrected chi connectivity index (χ1v) is 5.21. The van der Waals surface area contributed by atoms with Crippen molar-refractivity contribution in [3.63, 3.8) is 0 Å². The van der Waals surface area contributed by atoms with Crippen LogP contribution in [0.4, 0.5) is 5.69 Å². The van der Waals surface area contributed by atoms with E-state index in [1.165, 1.54) is 12.1 Å². The lowest BCUT2D eigenvalue weighted by atomic mass is 10.3. The smallest absolute Gasteiger partial charge is 0.273 e. The number of hydrogen-bond donors (Lipinski definition) is 0. The Morgan fingerprint density at radius 1 is 1.12 bits per heavy atom. The van der Waals surface area contributed by atoms with Crippen LogP contribution < -0.4 is 4.74 Å². The first-order chi connectivity index (χ1) is 8.16. The van der Waals surface area contributed by atoms with Crippen LogP contribution in [0.5, 0.6) is 11.5 Å². The maximum absolute atomic E-state index is 10.6. The third kappa shape index (κ3) is 2.73. The lowest BCUT2D eigenvalue weighted by molar-refractivity contribution is -0.384. The molecule has 0 unspecified atom stereocenters. The van der Waals surface area contributed by atoms with Gasteiger partial charge in [0.05, 0.1) is 16.0 Å². The predicted molar refractivity (Wildman–Crippen MR) is 64.6 cm³/mol. The summed E-state index contributed by atoms with van der Waals surface area (Å²) in [6.07, 6.45) is 0. The molecule has 2 aromatic rings. The number of nitro groups is 1. The Bertz CT molecular complexity index is 557. The molecule has 0 N–H and O–H groups in total. The summed E-state index contributed by atoms with van der Waals surface area (Å²) in [7, 11) is 0. The van der Waals surface area contributed by atoms with E-state index in [2.05, 4.69) is 0 Å². The lowest BCUT2D eigenvalue weighted by Crippen LogP contribution is -1.89. The summed E-state index contributed by atoms with van der Waals surface area (Å²) in [5.41, 5.74) is -0.0189. The van der Waals surface area contributed by atoms with Crippen molar-refractivity contribution in [3.05, 3.63) is 63.7 Å². The zero-order chi connectivity index (χ0) is 12.3. The minimum Gasteiger partial charge on any atom is -0.456 e. The Kier molecular flexibility index (Phi) is 3.25. The molecule has 0 amide bonds. The van der Waals surface area contributed by atoms with E-state index in [1.807, 2.05) is 0 Å². The first kappa shape index (κ1) is 11.4. The van der Waals surface area contributed by atoms with Crippen molar-refractivity contribution in [2.24, 2.45) is 0 Å². The molecule has 0 aromatic heterocycles. The minimum atomic E-state index is -0.473. The summed E-state index contributed by atoms with van der Waals surface area (Å²) >= 11 is 5.92. The summed E-state index contributed by atoms with van der Waals surface area (Å²) in [5.74, 6) is 0.849. The van der Waals surface area contributed by atoms with Crippen LogP contribution in [-0.4, -0.2) is 4.92 Å².